The maximum atomic E-state index is 12.4. The predicted molar refractivity (Wildman–Crippen MR) is 86.1 cm³/mol. The molecule has 2 aromatic rings. The van der Waals surface area contributed by atoms with E-state index in [2.05, 4.69) is 15.6 Å². The molecule has 0 aliphatic carbocycles. The molecule has 1 amide bonds. The molecule has 2 rings (SSSR count). The van der Waals surface area contributed by atoms with Crippen LogP contribution in [0.2, 0.25) is 5.02 Å². The van der Waals surface area contributed by atoms with Crippen LogP contribution in [0.25, 0.3) is 0 Å². The van der Waals surface area contributed by atoms with E-state index in [1.54, 1.807) is 24.3 Å². The van der Waals surface area contributed by atoms with Crippen molar-refractivity contribution in [3.05, 3.63) is 58.7 Å². The van der Waals surface area contributed by atoms with Gasteiger partial charge in [0.25, 0.3) is 5.91 Å². The molecule has 0 radical (unpaired) electrons. The van der Waals surface area contributed by atoms with Gasteiger partial charge in [0.1, 0.15) is 5.82 Å². The number of carbonyl (C=O) groups is 1. The van der Waals surface area contributed by atoms with Crippen LogP contribution in [0.3, 0.4) is 0 Å². The molecule has 0 bridgehead atoms. The molecule has 0 fully saturated rings. The number of amides is 1. The third-order valence-electron chi connectivity index (χ3n) is 3.15. The second kappa shape index (κ2) is 8.01. The van der Waals surface area contributed by atoms with E-state index in [1.807, 2.05) is 0 Å². The summed E-state index contributed by atoms with van der Waals surface area (Å²) in [6.45, 7) is 0.860. The molecule has 1 aromatic carbocycles. The van der Waals surface area contributed by atoms with E-state index in [1.165, 1.54) is 6.07 Å². The SMILES string of the molecule is O=C(NCCCNc1ccc(C(F)(F)F)cn1)c1ccccc1Cl. The normalized spacial score (nSPS) is 11.2. The lowest BCUT2D eigenvalue weighted by molar-refractivity contribution is -0.137. The monoisotopic (exact) mass is 357 g/mol. The molecule has 4 nitrogen and oxygen atoms in total. The Labute approximate surface area is 142 Å². The van der Waals surface area contributed by atoms with Crippen LogP contribution < -0.4 is 10.6 Å². The lowest BCUT2D eigenvalue weighted by Crippen LogP contribution is -2.26. The van der Waals surface area contributed by atoms with Gasteiger partial charge in [0.15, 0.2) is 0 Å². The van der Waals surface area contributed by atoms with Crippen LogP contribution in [-0.2, 0) is 6.18 Å². The van der Waals surface area contributed by atoms with Crippen LogP contribution >= 0.6 is 11.6 Å². The Morgan fingerprint density at radius 1 is 1.12 bits per heavy atom. The zero-order chi connectivity index (χ0) is 17.6. The van der Waals surface area contributed by atoms with Crippen molar-refractivity contribution < 1.29 is 18.0 Å². The van der Waals surface area contributed by atoms with Crippen LogP contribution in [0.4, 0.5) is 19.0 Å². The molecule has 0 aliphatic heterocycles. The number of anilines is 1. The number of halogens is 4. The lowest BCUT2D eigenvalue weighted by Gasteiger charge is -2.09. The molecule has 0 saturated heterocycles. The van der Waals surface area contributed by atoms with Gasteiger partial charge in [0.05, 0.1) is 16.1 Å². The molecule has 128 valence electrons. The Hall–Kier alpha value is -2.28. The Morgan fingerprint density at radius 3 is 2.50 bits per heavy atom. The predicted octanol–water partition coefficient (Wildman–Crippen LogP) is 3.99. The van der Waals surface area contributed by atoms with Gasteiger partial charge in [-0.15, -0.1) is 0 Å². The number of aromatic nitrogens is 1. The van der Waals surface area contributed by atoms with Gasteiger partial charge < -0.3 is 10.6 Å². The second-order valence-electron chi connectivity index (χ2n) is 4.95. The highest BCUT2D eigenvalue weighted by molar-refractivity contribution is 6.33. The number of rotatable bonds is 6. The topological polar surface area (TPSA) is 54.0 Å². The maximum absolute atomic E-state index is 12.4. The van der Waals surface area contributed by atoms with Crippen molar-refractivity contribution in [2.45, 2.75) is 12.6 Å². The number of pyridine rings is 1. The van der Waals surface area contributed by atoms with Crippen LogP contribution in [0.5, 0.6) is 0 Å². The Morgan fingerprint density at radius 2 is 1.88 bits per heavy atom. The molecule has 1 aromatic heterocycles. The summed E-state index contributed by atoms with van der Waals surface area (Å²) in [6, 6.07) is 8.95. The third-order valence-corrected chi connectivity index (χ3v) is 3.48. The van der Waals surface area contributed by atoms with Crippen molar-refractivity contribution in [2.24, 2.45) is 0 Å². The van der Waals surface area contributed by atoms with Gasteiger partial charge >= 0.3 is 6.18 Å². The molecular weight excluding hydrogens is 343 g/mol. The van der Waals surface area contributed by atoms with Gasteiger partial charge in [-0.3, -0.25) is 4.79 Å². The largest absolute Gasteiger partial charge is 0.417 e. The molecule has 24 heavy (non-hydrogen) atoms. The van der Waals surface area contributed by atoms with Crippen molar-refractivity contribution in [3.8, 4) is 0 Å². The zero-order valence-electron chi connectivity index (χ0n) is 12.5. The molecule has 2 N–H and O–H groups in total. The van der Waals surface area contributed by atoms with Gasteiger partial charge in [-0.05, 0) is 30.7 Å². The molecule has 0 spiro atoms. The minimum Gasteiger partial charge on any atom is -0.370 e. The number of hydrogen-bond donors (Lipinski definition) is 2. The molecular formula is C16H15ClF3N3O. The summed E-state index contributed by atoms with van der Waals surface area (Å²) in [6.07, 6.45) is -3.03. The highest BCUT2D eigenvalue weighted by Gasteiger charge is 2.30. The van der Waals surface area contributed by atoms with E-state index in [-0.39, 0.29) is 5.91 Å². The van der Waals surface area contributed by atoms with Crippen LogP contribution in [0.15, 0.2) is 42.6 Å². The van der Waals surface area contributed by atoms with E-state index >= 15 is 0 Å². The quantitative estimate of drug-likeness (QED) is 0.769. The number of nitrogens with zero attached hydrogens (tertiary/aromatic N) is 1. The Kier molecular flexibility index (Phi) is 6.03. The molecule has 0 aliphatic rings. The van der Waals surface area contributed by atoms with Gasteiger partial charge in [0, 0.05) is 19.3 Å². The summed E-state index contributed by atoms with van der Waals surface area (Å²) in [4.78, 5) is 15.6. The van der Waals surface area contributed by atoms with E-state index < -0.39 is 11.7 Å². The first-order chi connectivity index (χ1) is 11.4. The Balaban J connectivity index is 1.72. The first-order valence-electron chi connectivity index (χ1n) is 7.18. The van der Waals surface area contributed by atoms with Gasteiger partial charge in [-0.25, -0.2) is 4.98 Å². The standard InChI is InChI=1S/C16H15ClF3N3O/c17-13-5-2-1-4-12(13)15(24)22-9-3-8-21-14-7-6-11(10-23-14)16(18,19)20/h1-2,4-7,10H,3,8-9H2,(H,21,23)(H,22,24). The number of carbonyl (C=O) groups excluding carboxylic acids is 1. The van der Waals surface area contributed by atoms with Crippen molar-refractivity contribution in [2.75, 3.05) is 18.4 Å². The van der Waals surface area contributed by atoms with Gasteiger partial charge in [-0.2, -0.15) is 13.2 Å². The van der Waals surface area contributed by atoms with Crippen molar-refractivity contribution in [1.29, 1.82) is 0 Å². The molecule has 0 atom stereocenters. The summed E-state index contributed by atoms with van der Waals surface area (Å²) in [5.74, 6) is 0.0775. The maximum Gasteiger partial charge on any atom is 0.417 e. The molecule has 0 unspecified atom stereocenters. The van der Waals surface area contributed by atoms with Crippen molar-refractivity contribution in [3.63, 3.8) is 0 Å². The number of alkyl halides is 3. The minimum absolute atomic E-state index is 0.270. The summed E-state index contributed by atoms with van der Waals surface area (Å²) in [7, 11) is 0. The van der Waals surface area contributed by atoms with Crippen LogP contribution in [-0.4, -0.2) is 24.0 Å². The van der Waals surface area contributed by atoms with E-state index in [0.717, 1.165) is 12.3 Å². The lowest BCUT2D eigenvalue weighted by atomic mass is 10.2. The molecule has 0 saturated carbocycles. The van der Waals surface area contributed by atoms with E-state index in [0.29, 0.717) is 35.9 Å². The van der Waals surface area contributed by atoms with Crippen molar-refractivity contribution >= 4 is 23.3 Å². The fourth-order valence-electron chi connectivity index (χ4n) is 1.91. The second-order valence-corrected chi connectivity index (χ2v) is 5.35. The van der Waals surface area contributed by atoms with E-state index in [9.17, 15) is 18.0 Å². The van der Waals surface area contributed by atoms with Crippen LogP contribution in [0, 0.1) is 0 Å². The first kappa shape index (κ1) is 18.1. The van der Waals surface area contributed by atoms with Gasteiger partial charge in [0.2, 0.25) is 0 Å². The highest BCUT2D eigenvalue weighted by atomic mass is 35.5. The van der Waals surface area contributed by atoms with E-state index in [4.69, 9.17) is 11.6 Å². The minimum atomic E-state index is -4.39. The average molecular weight is 358 g/mol. The summed E-state index contributed by atoms with van der Waals surface area (Å²) in [5, 5.41) is 5.99. The number of nitrogens with one attached hydrogen (secondary N) is 2. The number of benzene rings is 1. The third kappa shape index (κ3) is 5.13. The first-order valence-corrected chi connectivity index (χ1v) is 7.55. The molecule has 8 heteroatoms. The summed E-state index contributed by atoms with van der Waals surface area (Å²) < 4.78 is 37.2. The highest BCUT2D eigenvalue weighted by Crippen LogP contribution is 2.28. The van der Waals surface area contributed by atoms with Gasteiger partial charge in [-0.1, -0.05) is 23.7 Å². The smallest absolute Gasteiger partial charge is 0.370 e. The fourth-order valence-corrected chi connectivity index (χ4v) is 2.14. The molecule has 1 heterocycles. The number of hydrogen-bond acceptors (Lipinski definition) is 3. The summed E-state index contributed by atoms with van der Waals surface area (Å²) in [5.41, 5.74) is -0.392. The zero-order valence-corrected chi connectivity index (χ0v) is 13.3. The Bertz CT molecular complexity index is 690. The van der Waals surface area contributed by atoms with Crippen LogP contribution in [0.1, 0.15) is 22.3 Å². The fraction of sp³-hybridized carbons (Fsp3) is 0.250. The summed E-state index contributed by atoms with van der Waals surface area (Å²) >= 11 is 5.92. The van der Waals surface area contributed by atoms with Crippen molar-refractivity contribution in [1.82, 2.24) is 10.3 Å². The average Bonchev–Trinajstić information content (AvgIpc) is 2.54.